The fraction of sp³-hybridized carbons (Fsp3) is 1.00. The highest BCUT2D eigenvalue weighted by Crippen LogP contribution is 2.30. The molecule has 0 spiro atoms. The van der Waals surface area contributed by atoms with Crippen LogP contribution in [0.5, 0.6) is 0 Å². The van der Waals surface area contributed by atoms with Gasteiger partial charge < -0.3 is 10.5 Å². The molecule has 1 saturated carbocycles. The monoisotopic (exact) mass is 214 g/mol. The van der Waals surface area contributed by atoms with Crippen LogP contribution in [0.25, 0.3) is 0 Å². The summed E-state index contributed by atoms with van der Waals surface area (Å²) in [7, 11) is 1.80. The molecule has 1 aliphatic rings. The van der Waals surface area contributed by atoms with Crippen molar-refractivity contribution in [1.29, 1.82) is 0 Å². The van der Waals surface area contributed by atoms with Crippen molar-refractivity contribution in [3.05, 3.63) is 0 Å². The van der Waals surface area contributed by atoms with Gasteiger partial charge in [0.15, 0.2) is 0 Å². The van der Waals surface area contributed by atoms with Crippen molar-refractivity contribution in [3.63, 3.8) is 0 Å². The molecule has 0 aromatic rings. The van der Waals surface area contributed by atoms with E-state index in [1.165, 1.54) is 32.2 Å². The summed E-state index contributed by atoms with van der Waals surface area (Å²) in [5.74, 6) is 0. The Morgan fingerprint density at radius 3 is 2.67 bits per heavy atom. The molecule has 15 heavy (non-hydrogen) atoms. The smallest absolute Gasteiger partial charge is 0.0618 e. The van der Waals surface area contributed by atoms with Crippen molar-refractivity contribution in [3.8, 4) is 0 Å². The first-order valence-corrected chi connectivity index (χ1v) is 6.28. The zero-order valence-corrected chi connectivity index (χ0v) is 10.2. The first kappa shape index (κ1) is 12.9. The lowest BCUT2D eigenvalue weighted by atomic mass is 10.1. The highest BCUT2D eigenvalue weighted by Gasteiger charge is 2.32. The van der Waals surface area contributed by atoms with E-state index >= 15 is 0 Å². The van der Waals surface area contributed by atoms with E-state index in [1.54, 1.807) is 7.11 Å². The lowest BCUT2D eigenvalue weighted by Gasteiger charge is -2.31. The van der Waals surface area contributed by atoms with Gasteiger partial charge in [0.05, 0.1) is 6.61 Å². The Bertz CT molecular complexity index is 160. The number of rotatable bonds is 9. The largest absolute Gasteiger partial charge is 0.383 e. The lowest BCUT2D eigenvalue weighted by molar-refractivity contribution is 0.0786. The topological polar surface area (TPSA) is 38.5 Å². The van der Waals surface area contributed by atoms with Gasteiger partial charge in [0.2, 0.25) is 0 Å². The molecule has 0 aromatic carbocycles. The van der Waals surface area contributed by atoms with Crippen molar-refractivity contribution < 1.29 is 4.74 Å². The molecule has 1 unspecified atom stereocenters. The van der Waals surface area contributed by atoms with Crippen LogP contribution in [0.4, 0.5) is 0 Å². The summed E-state index contributed by atoms with van der Waals surface area (Å²) < 4.78 is 5.32. The predicted molar refractivity (Wildman–Crippen MR) is 64.0 cm³/mol. The second-order valence-electron chi connectivity index (χ2n) is 4.51. The van der Waals surface area contributed by atoms with Gasteiger partial charge in [0.1, 0.15) is 0 Å². The zero-order valence-electron chi connectivity index (χ0n) is 10.2. The molecule has 0 heterocycles. The third-order valence-corrected chi connectivity index (χ3v) is 3.07. The van der Waals surface area contributed by atoms with E-state index in [1.807, 2.05) is 0 Å². The average molecular weight is 214 g/mol. The Balaban J connectivity index is 2.40. The number of nitrogens with two attached hydrogens (primary N) is 1. The lowest BCUT2D eigenvalue weighted by Crippen LogP contribution is -2.41. The third-order valence-electron chi connectivity index (χ3n) is 3.07. The van der Waals surface area contributed by atoms with E-state index < -0.39 is 0 Å². The molecule has 1 rings (SSSR count). The molecule has 0 bridgehead atoms. The molecule has 0 radical (unpaired) electrons. The molecule has 1 fully saturated rings. The fourth-order valence-electron chi connectivity index (χ4n) is 2.22. The summed E-state index contributed by atoms with van der Waals surface area (Å²) in [6, 6.07) is 1.42. The Morgan fingerprint density at radius 2 is 2.20 bits per heavy atom. The van der Waals surface area contributed by atoms with Crippen molar-refractivity contribution in [2.75, 3.05) is 26.8 Å². The van der Waals surface area contributed by atoms with Crippen LogP contribution in [0.3, 0.4) is 0 Å². The number of hydrogen-bond donors (Lipinski definition) is 1. The van der Waals surface area contributed by atoms with E-state index in [0.717, 1.165) is 25.6 Å². The number of ether oxygens (including phenoxy) is 1. The summed E-state index contributed by atoms with van der Waals surface area (Å²) in [6.07, 6.45) is 6.28. The summed E-state index contributed by atoms with van der Waals surface area (Å²) in [5.41, 5.74) is 5.58. The second kappa shape index (κ2) is 7.20. The first-order valence-electron chi connectivity index (χ1n) is 6.28. The molecule has 2 N–H and O–H groups in total. The maximum Gasteiger partial charge on any atom is 0.0618 e. The highest BCUT2D eigenvalue weighted by atomic mass is 16.5. The average Bonchev–Trinajstić information content (AvgIpc) is 3.05. The molecular weight excluding hydrogens is 188 g/mol. The van der Waals surface area contributed by atoms with E-state index in [-0.39, 0.29) is 0 Å². The number of methoxy groups -OCH3 is 1. The van der Waals surface area contributed by atoms with Gasteiger partial charge in [-0.1, -0.05) is 6.92 Å². The van der Waals surface area contributed by atoms with Crippen LogP contribution in [0.1, 0.15) is 39.0 Å². The normalized spacial score (nSPS) is 18.4. The van der Waals surface area contributed by atoms with Gasteiger partial charge in [0, 0.05) is 19.2 Å². The van der Waals surface area contributed by atoms with E-state index in [4.69, 9.17) is 10.5 Å². The molecule has 90 valence electrons. The SMILES string of the molecule is CCCN(C1CC1)C(CCCN)COC. The Morgan fingerprint density at radius 1 is 1.47 bits per heavy atom. The summed E-state index contributed by atoms with van der Waals surface area (Å²) in [6.45, 7) is 5.12. The molecular formula is C12H26N2O. The molecule has 1 atom stereocenters. The highest BCUT2D eigenvalue weighted by molar-refractivity contribution is 4.88. The van der Waals surface area contributed by atoms with Crippen LogP contribution in [0.15, 0.2) is 0 Å². The first-order chi connectivity index (χ1) is 7.33. The molecule has 3 heteroatoms. The standard InChI is InChI=1S/C12H26N2O/c1-3-9-14(11-6-7-11)12(10-15-2)5-4-8-13/h11-12H,3-10,13H2,1-2H3. The quantitative estimate of drug-likeness (QED) is 0.634. The van der Waals surface area contributed by atoms with E-state index in [9.17, 15) is 0 Å². The van der Waals surface area contributed by atoms with Crippen LogP contribution >= 0.6 is 0 Å². The van der Waals surface area contributed by atoms with Gasteiger partial charge in [-0.05, 0) is 45.2 Å². The van der Waals surface area contributed by atoms with E-state index in [2.05, 4.69) is 11.8 Å². The van der Waals surface area contributed by atoms with Gasteiger partial charge in [-0.25, -0.2) is 0 Å². The molecule has 0 aliphatic heterocycles. The van der Waals surface area contributed by atoms with Gasteiger partial charge in [-0.3, -0.25) is 4.90 Å². The Kier molecular flexibility index (Phi) is 6.22. The Hall–Kier alpha value is -0.120. The third kappa shape index (κ3) is 4.49. The van der Waals surface area contributed by atoms with Crippen LogP contribution in [-0.2, 0) is 4.74 Å². The molecule has 0 saturated heterocycles. The van der Waals surface area contributed by atoms with Crippen LogP contribution in [0, 0.1) is 0 Å². The minimum absolute atomic E-state index is 0.589. The van der Waals surface area contributed by atoms with Crippen molar-refractivity contribution in [2.24, 2.45) is 5.73 Å². The number of hydrogen-bond acceptors (Lipinski definition) is 3. The van der Waals surface area contributed by atoms with Crippen molar-refractivity contribution >= 4 is 0 Å². The summed E-state index contributed by atoms with van der Waals surface area (Å²) in [4.78, 5) is 2.64. The molecule has 1 aliphatic carbocycles. The van der Waals surface area contributed by atoms with Crippen LogP contribution in [0.2, 0.25) is 0 Å². The molecule has 0 aromatic heterocycles. The summed E-state index contributed by atoms with van der Waals surface area (Å²) in [5, 5.41) is 0. The minimum atomic E-state index is 0.589. The van der Waals surface area contributed by atoms with Gasteiger partial charge in [-0.2, -0.15) is 0 Å². The minimum Gasteiger partial charge on any atom is -0.383 e. The maximum atomic E-state index is 5.58. The van der Waals surface area contributed by atoms with Gasteiger partial charge in [0.25, 0.3) is 0 Å². The maximum absolute atomic E-state index is 5.58. The van der Waals surface area contributed by atoms with Crippen molar-refractivity contribution in [1.82, 2.24) is 4.90 Å². The van der Waals surface area contributed by atoms with Crippen LogP contribution < -0.4 is 5.73 Å². The van der Waals surface area contributed by atoms with Gasteiger partial charge in [-0.15, -0.1) is 0 Å². The molecule has 3 nitrogen and oxygen atoms in total. The summed E-state index contributed by atoms with van der Waals surface area (Å²) >= 11 is 0. The number of nitrogens with zero attached hydrogens (tertiary/aromatic N) is 1. The zero-order chi connectivity index (χ0) is 11.1. The fourth-order valence-corrected chi connectivity index (χ4v) is 2.22. The van der Waals surface area contributed by atoms with Crippen LogP contribution in [-0.4, -0.2) is 43.8 Å². The Labute approximate surface area is 94.0 Å². The van der Waals surface area contributed by atoms with E-state index in [0.29, 0.717) is 6.04 Å². The predicted octanol–water partition coefficient (Wildman–Crippen LogP) is 1.61. The molecule has 0 amide bonds. The van der Waals surface area contributed by atoms with Crippen molar-refractivity contribution in [2.45, 2.75) is 51.1 Å². The van der Waals surface area contributed by atoms with Gasteiger partial charge >= 0.3 is 0 Å². The second-order valence-corrected chi connectivity index (χ2v) is 4.51.